The average molecular weight is 278 g/mol. The first-order chi connectivity index (χ1) is 10.1. The van der Waals surface area contributed by atoms with Gasteiger partial charge in [-0.1, -0.05) is 0 Å². The van der Waals surface area contributed by atoms with E-state index in [2.05, 4.69) is 19.9 Å². The molecule has 21 heavy (non-hydrogen) atoms. The zero-order valence-electron chi connectivity index (χ0n) is 11.1. The number of hydrogen-bond acceptors (Lipinski definition) is 4. The fourth-order valence-corrected chi connectivity index (χ4v) is 2.60. The highest BCUT2D eigenvalue weighted by atomic mass is 16.1. The molecule has 4 rings (SSSR count). The molecule has 3 aromatic heterocycles. The van der Waals surface area contributed by atoms with Crippen molar-refractivity contribution in [3.8, 4) is 0 Å². The molecule has 0 saturated heterocycles. The summed E-state index contributed by atoms with van der Waals surface area (Å²) in [6, 6.07) is 6.29. The van der Waals surface area contributed by atoms with Crippen molar-refractivity contribution in [1.29, 1.82) is 0 Å². The third-order valence-electron chi connectivity index (χ3n) is 3.49. The lowest BCUT2D eigenvalue weighted by Gasteiger charge is -2.08. The first-order valence-corrected chi connectivity index (χ1v) is 6.45. The normalized spacial score (nSPS) is 11.5. The number of nitrogens with one attached hydrogen (secondary N) is 2. The number of rotatable bonds is 0. The summed E-state index contributed by atoms with van der Waals surface area (Å²) < 4.78 is 0. The minimum Gasteiger partial charge on any atom is -0.320 e. The van der Waals surface area contributed by atoms with Gasteiger partial charge in [0.2, 0.25) is 11.1 Å². The Bertz CT molecular complexity index is 1140. The van der Waals surface area contributed by atoms with Gasteiger partial charge < -0.3 is 9.97 Å². The summed E-state index contributed by atoms with van der Waals surface area (Å²) in [5.74, 6) is 0. The topological polar surface area (TPSA) is 91.5 Å². The van der Waals surface area contributed by atoms with Crippen LogP contribution in [-0.4, -0.2) is 19.9 Å². The van der Waals surface area contributed by atoms with Crippen LogP contribution in [0.4, 0.5) is 0 Å². The number of benzene rings is 1. The van der Waals surface area contributed by atoms with E-state index >= 15 is 0 Å². The molecule has 0 aliphatic rings. The standard InChI is InChI=1S/C15H10N4O2/c1-7-6-16-12-8-2-4-10(20)18-14(8)15-9(13(12)17-7)3-5-11(21)19-15/h2-6H,1H3,(H,18,20)(H,19,21). The summed E-state index contributed by atoms with van der Waals surface area (Å²) in [5, 5.41) is 1.52. The van der Waals surface area contributed by atoms with E-state index in [0.29, 0.717) is 22.1 Å². The van der Waals surface area contributed by atoms with Crippen LogP contribution in [0.5, 0.6) is 0 Å². The molecule has 0 fully saturated rings. The zero-order valence-corrected chi connectivity index (χ0v) is 11.1. The lowest BCUT2D eigenvalue weighted by molar-refractivity contribution is 1.19. The second kappa shape index (κ2) is 3.99. The highest BCUT2D eigenvalue weighted by Crippen LogP contribution is 2.29. The maximum absolute atomic E-state index is 11.6. The van der Waals surface area contributed by atoms with Gasteiger partial charge >= 0.3 is 0 Å². The van der Waals surface area contributed by atoms with E-state index in [1.165, 1.54) is 12.1 Å². The molecule has 0 spiro atoms. The van der Waals surface area contributed by atoms with Crippen LogP contribution in [0.1, 0.15) is 5.69 Å². The van der Waals surface area contributed by atoms with Crippen molar-refractivity contribution < 1.29 is 0 Å². The molecule has 3 heterocycles. The van der Waals surface area contributed by atoms with E-state index in [1.54, 1.807) is 18.3 Å². The largest absolute Gasteiger partial charge is 0.320 e. The van der Waals surface area contributed by atoms with Crippen molar-refractivity contribution >= 4 is 32.8 Å². The molecule has 6 nitrogen and oxygen atoms in total. The second-order valence-electron chi connectivity index (χ2n) is 4.93. The number of fused-ring (bicyclic) bond motifs is 6. The van der Waals surface area contributed by atoms with Gasteiger partial charge in [0.25, 0.3) is 0 Å². The van der Waals surface area contributed by atoms with Gasteiger partial charge in [0.1, 0.15) is 0 Å². The lowest BCUT2D eigenvalue weighted by atomic mass is 10.1. The molecule has 2 N–H and O–H groups in total. The van der Waals surface area contributed by atoms with Crippen molar-refractivity contribution in [2.24, 2.45) is 0 Å². The molecule has 0 saturated carbocycles. The van der Waals surface area contributed by atoms with E-state index in [9.17, 15) is 9.59 Å². The summed E-state index contributed by atoms with van der Waals surface area (Å²) in [6.45, 7) is 1.86. The Balaban J connectivity index is 2.45. The van der Waals surface area contributed by atoms with E-state index in [-0.39, 0.29) is 11.1 Å². The third kappa shape index (κ3) is 1.66. The minimum atomic E-state index is -0.229. The molecule has 1 aromatic carbocycles. The number of nitrogens with zero attached hydrogens (tertiary/aromatic N) is 2. The third-order valence-corrected chi connectivity index (χ3v) is 3.49. The fourth-order valence-electron chi connectivity index (χ4n) is 2.60. The monoisotopic (exact) mass is 278 g/mol. The highest BCUT2D eigenvalue weighted by molar-refractivity contribution is 6.20. The quantitative estimate of drug-likeness (QED) is 0.478. The van der Waals surface area contributed by atoms with Crippen molar-refractivity contribution in [1.82, 2.24) is 19.9 Å². The number of aryl methyl sites for hydroxylation is 1. The molecule has 6 heteroatoms. The fraction of sp³-hybridized carbons (Fsp3) is 0.0667. The van der Waals surface area contributed by atoms with Crippen LogP contribution >= 0.6 is 0 Å². The molecular weight excluding hydrogens is 268 g/mol. The smallest absolute Gasteiger partial charge is 0.248 e. The van der Waals surface area contributed by atoms with Crippen molar-refractivity contribution in [2.45, 2.75) is 6.92 Å². The molecule has 0 aliphatic heterocycles. The summed E-state index contributed by atoms with van der Waals surface area (Å²) in [5.41, 5.74) is 2.89. The van der Waals surface area contributed by atoms with Gasteiger partial charge in [-0.2, -0.15) is 0 Å². The molecule has 0 atom stereocenters. The van der Waals surface area contributed by atoms with Crippen molar-refractivity contribution in [3.05, 3.63) is 56.9 Å². The predicted octanol–water partition coefficient (Wildman–Crippen LogP) is 1.62. The Morgan fingerprint density at radius 1 is 0.857 bits per heavy atom. The number of hydrogen-bond donors (Lipinski definition) is 2. The van der Waals surface area contributed by atoms with Gasteiger partial charge in [0, 0.05) is 29.1 Å². The van der Waals surface area contributed by atoms with Crippen LogP contribution in [0.15, 0.2) is 40.1 Å². The molecule has 0 radical (unpaired) electrons. The number of pyridine rings is 2. The van der Waals surface area contributed by atoms with Gasteiger partial charge in [-0.05, 0) is 19.1 Å². The van der Waals surface area contributed by atoms with Crippen LogP contribution in [-0.2, 0) is 0 Å². The minimum absolute atomic E-state index is 0.228. The Kier molecular flexibility index (Phi) is 2.24. The maximum Gasteiger partial charge on any atom is 0.248 e. The van der Waals surface area contributed by atoms with E-state index in [0.717, 1.165) is 16.5 Å². The van der Waals surface area contributed by atoms with Gasteiger partial charge in [-0.3, -0.25) is 14.6 Å². The first kappa shape index (κ1) is 11.8. The molecule has 0 aliphatic carbocycles. The first-order valence-electron chi connectivity index (χ1n) is 6.45. The van der Waals surface area contributed by atoms with Crippen molar-refractivity contribution in [3.63, 3.8) is 0 Å². The number of aromatic nitrogens is 4. The van der Waals surface area contributed by atoms with E-state index < -0.39 is 0 Å². The maximum atomic E-state index is 11.6. The summed E-state index contributed by atoms with van der Waals surface area (Å²) >= 11 is 0. The lowest BCUT2D eigenvalue weighted by Crippen LogP contribution is -2.08. The Hall–Kier alpha value is -3.02. The predicted molar refractivity (Wildman–Crippen MR) is 80.5 cm³/mol. The number of aromatic amines is 2. The molecule has 0 amide bonds. The summed E-state index contributed by atoms with van der Waals surface area (Å²) in [6.07, 6.45) is 1.68. The molecular formula is C15H10N4O2. The average Bonchev–Trinajstić information content (AvgIpc) is 2.47. The molecule has 102 valence electrons. The second-order valence-corrected chi connectivity index (χ2v) is 4.93. The van der Waals surface area contributed by atoms with Crippen LogP contribution in [0.2, 0.25) is 0 Å². The van der Waals surface area contributed by atoms with Crippen molar-refractivity contribution in [2.75, 3.05) is 0 Å². The molecule has 0 bridgehead atoms. The van der Waals surface area contributed by atoms with E-state index in [1.807, 2.05) is 6.92 Å². The Morgan fingerprint density at radius 2 is 1.43 bits per heavy atom. The Morgan fingerprint density at radius 3 is 2.05 bits per heavy atom. The van der Waals surface area contributed by atoms with Crippen LogP contribution in [0.3, 0.4) is 0 Å². The zero-order chi connectivity index (χ0) is 14.6. The van der Waals surface area contributed by atoms with E-state index in [4.69, 9.17) is 0 Å². The highest BCUT2D eigenvalue weighted by Gasteiger charge is 2.12. The Labute approximate surface area is 117 Å². The summed E-state index contributed by atoms with van der Waals surface area (Å²) in [4.78, 5) is 37.8. The van der Waals surface area contributed by atoms with Gasteiger partial charge in [0.05, 0.1) is 27.8 Å². The van der Waals surface area contributed by atoms with Crippen LogP contribution in [0, 0.1) is 6.92 Å². The number of H-pyrrole nitrogens is 2. The molecule has 4 aromatic rings. The van der Waals surface area contributed by atoms with Gasteiger partial charge in [-0.25, -0.2) is 4.98 Å². The summed E-state index contributed by atoms with van der Waals surface area (Å²) in [7, 11) is 0. The molecule has 0 unspecified atom stereocenters. The van der Waals surface area contributed by atoms with Gasteiger partial charge in [0.15, 0.2) is 0 Å². The van der Waals surface area contributed by atoms with Crippen LogP contribution < -0.4 is 11.1 Å². The van der Waals surface area contributed by atoms with Gasteiger partial charge in [-0.15, -0.1) is 0 Å². The van der Waals surface area contributed by atoms with Crippen LogP contribution in [0.25, 0.3) is 32.8 Å². The SMILES string of the molecule is Cc1cnc2c3ccc(=O)[nH]c3c3[nH]c(=O)ccc3c2n1.